The lowest BCUT2D eigenvalue weighted by Gasteiger charge is -2.26. The first-order valence-corrected chi connectivity index (χ1v) is 10.3. The number of nitrogens with zero attached hydrogens (tertiary/aromatic N) is 4. The third-order valence-electron chi connectivity index (χ3n) is 4.30. The molecule has 1 aliphatic heterocycles. The molecule has 26 heavy (non-hydrogen) atoms. The van der Waals surface area contributed by atoms with Crippen LogP contribution < -0.4 is 10.2 Å². The zero-order valence-electron chi connectivity index (χ0n) is 14.5. The molecule has 3 heterocycles. The van der Waals surface area contributed by atoms with E-state index in [0.717, 1.165) is 5.69 Å². The monoisotopic (exact) mass is 375 g/mol. The third-order valence-corrected chi connectivity index (χ3v) is 6.05. The molecule has 9 heteroatoms. The Morgan fingerprint density at radius 3 is 2.62 bits per heavy atom. The molecule has 0 aliphatic carbocycles. The first kappa shape index (κ1) is 18.2. The summed E-state index contributed by atoms with van der Waals surface area (Å²) in [5.41, 5.74) is 1.11. The van der Waals surface area contributed by atoms with Crippen LogP contribution in [0.15, 0.2) is 36.8 Å². The van der Waals surface area contributed by atoms with E-state index in [1.54, 1.807) is 6.20 Å². The van der Waals surface area contributed by atoms with Crippen LogP contribution >= 0.6 is 0 Å². The summed E-state index contributed by atoms with van der Waals surface area (Å²) in [5.74, 6) is 0.475. The Morgan fingerprint density at radius 1 is 1.27 bits per heavy atom. The van der Waals surface area contributed by atoms with Crippen molar-refractivity contribution < 1.29 is 13.2 Å². The molecular formula is C17H21N5O3S. The number of hydrogen-bond acceptors (Lipinski definition) is 7. The molecule has 0 radical (unpaired) electrons. The van der Waals surface area contributed by atoms with Crippen molar-refractivity contribution in [1.29, 1.82) is 0 Å². The predicted octanol–water partition coefficient (Wildman–Crippen LogP) is 0.815. The molecule has 8 nitrogen and oxygen atoms in total. The smallest absolute Gasteiger partial charge is 0.254 e. The van der Waals surface area contributed by atoms with Gasteiger partial charge in [0.1, 0.15) is 0 Å². The molecule has 1 aliphatic rings. The molecule has 0 bridgehead atoms. The fraction of sp³-hybridized carbons (Fsp3) is 0.412. The van der Waals surface area contributed by atoms with Gasteiger partial charge in [-0.25, -0.2) is 18.4 Å². The standard InChI is InChI=1S/C17H21N5O3S/c1-2-22(15-6-8-26(24,25)12-15)17-20-9-13(10-21-17)16(23)19-11-14-5-3-4-7-18-14/h3-5,7,9-10,15H,2,6,8,11-12H2,1H3,(H,19,23). The lowest BCUT2D eigenvalue weighted by atomic mass is 10.2. The molecule has 2 aromatic rings. The van der Waals surface area contributed by atoms with E-state index in [1.165, 1.54) is 12.4 Å². The van der Waals surface area contributed by atoms with Crippen LogP contribution in [0.3, 0.4) is 0 Å². The summed E-state index contributed by atoms with van der Waals surface area (Å²) in [4.78, 5) is 26.7. The highest BCUT2D eigenvalue weighted by molar-refractivity contribution is 7.91. The Kier molecular flexibility index (Phi) is 5.46. The minimum absolute atomic E-state index is 0.117. The zero-order valence-corrected chi connectivity index (χ0v) is 15.3. The number of pyridine rings is 1. The maximum Gasteiger partial charge on any atom is 0.254 e. The molecule has 1 N–H and O–H groups in total. The van der Waals surface area contributed by atoms with Crippen molar-refractivity contribution in [3.63, 3.8) is 0 Å². The molecule has 0 aromatic carbocycles. The second-order valence-corrected chi connectivity index (χ2v) is 8.35. The molecule has 138 valence electrons. The second-order valence-electron chi connectivity index (χ2n) is 6.12. The number of amides is 1. The van der Waals surface area contributed by atoms with Crippen molar-refractivity contribution in [2.24, 2.45) is 0 Å². The Morgan fingerprint density at radius 2 is 2.04 bits per heavy atom. The summed E-state index contributed by atoms with van der Waals surface area (Å²) >= 11 is 0. The van der Waals surface area contributed by atoms with Gasteiger partial charge in [0.15, 0.2) is 9.84 Å². The molecule has 1 fully saturated rings. The van der Waals surface area contributed by atoms with E-state index in [-0.39, 0.29) is 23.5 Å². The van der Waals surface area contributed by atoms with E-state index in [0.29, 0.717) is 31.0 Å². The van der Waals surface area contributed by atoms with Crippen LogP contribution in [0.2, 0.25) is 0 Å². The van der Waals surface area contributed by atoms with Gasteiger partial charge in [0, 0.05) is 31.2 Å². The van der Waals surface area contributed by atoms with E-state index in [9.17, 15) is 13.2 Å². The Hall–Kier alpha value is -2.55. The van der Waals surface area contributed by atoms with Crippen LogP contribution in [-0.4, -0.2) is 53.4 Å². The third kappa shape index (κ3) is 4.34. The van der Waals surface area contributed by atoms with Gasteiger partial charge in [-0.3, -0.25) is 9.78 Å². The molecular weight excluding hydrogens is 354 g/mol. The maximum atomic E-state index is 12.2. The van der Waals surface area contributed by atoms with Gasteiger partial charge in [0.05, 0.1) is 29.3 Å². The number of aromatic nitrogens is 3. The van der Waals surface area contributed by atoms with Crippen LogP contribution in [-0.2, 0) is 16.4 Å². The van der Waals surface area contributed by atoms with Gasteiger partial charge in [0.2, 0.25) is 5.95 Å². The summed E-state index contributed by atoms with van der Waals surface area (Å²) in [6.45, 7) is 2.86. The lowest BCUT2D eigenvalue weighted by molar-refractivity contribution is 0.0949. The van der Waals surface area contributed by atoms with Crippen molar-refractivity contribution >= 4 is 21.7 Å². The SMILES string of the molecule is CCN(c1ncc(C(=O)NCc2ccccn2)cn1)C1CCS(=O)(=O)C1. The number of rotatable bonds is 6. The fourth-order valence-corrected chi connectivity index (χ4v) is 4.68. The van der Waals surface area contributed by atoms with Crippen LogP contribution in [0.5, 0.6) is 0 Å². The van der Waals surface area contributed by atoms with Gasteiger partial charge < -0.3 is 10.2 Å². The summed E-state index contributed by atoms with van der Waals surface area (Å²) in [6.07, 6.45) is 5.16. The van der Waals surface area contributed by atoms with Gasteiger partial charge in [-0.05, 0) is 25.5 Å². The number of hydrogen-bond donors (Lipinski definition) is 1. The molecule has 2 aromatic heterocycles. The minimum Gasteiger partial charge on any atom is -0.346 e. The van der Waals surface area contributed by atoms with Crippen LogP contribution in [0, 0.1) is 0 Å². The van der Waals surface area contributed by atoms with Gasteiger partial charge in [0.25, 0.3) is 5.91 Å². The fourth-order valence-electron chi connectivity index (χ4n) is 2.95. The topological polar surface area (TPSA) is 105 Å². The van der Waals surface area contributed by atoms with Gasteiger partial charge >= 0.3 is 0 Å². The number of anilines is 1. The minimum atomic E-state index is -2.98. The van der Waals surface area contributed by atoms with E-state index < -0.39 is 9.84 Å². The first-order chi connectivity index (χ1) is 12.5. The van der Waals surface area contributed by atoms with E-state index in [1.807, 2.05) is 30.0 Å². The lowest BCUT2D eigenvalue weighted by Crippen LogP contribution is -2.37. The Labute approximate surface area is 152 Å². The average molecular weight is 375 g/mol. The molecule has 0 spiro atoms. The summed E-state index contributed by atoms with van der Waals surface area (Å²) in [5, 5.41) is 2.77. The number of nitrogens with one attached hydrogen (secondary N) is 1. The molecule has 1 amide bonds. The average Bonchev–Trinajstić information content (AvgIpc) is 3.01. The van der Waals surface area contributed by atoms with Gasteiger partial charge in [-0.2, -0.15) is 0 Å². The Balaban J connectivity index is 1.64. The summed E-state index contributed by atoms with van der Waals surface area (Å²) in [6, 6.07) is 5.38. The second kappa shape index (κ2) is 7.77. The van der Waals surface area contributed by atoms with Crippen molar-refractivity contribution in [2.45, 2.75) is 25.9 Å². The van der Waals surface area contributed by atoms with E-state index in [2.05, 4.69) is 20.3 Å². The highest BCUT2D eigenvalue weighted by atomic mass is 32.2. The van der Waals surface area contributed by atoms with Crippen LogP contribution in [0.4, 0.5) is 5.95 Å². The molecule has 1 saturated heterocycles. The van der Waals surface area contributed by atoms with Crippen LogP contribution in [0.25, 0.3) is 0 Å². The summed E-state index contributed by atoms with van der Waals surface area (Å²) < 4.78 is 23.4. The molecule has 3 rings (SSSR count). The molecule has 1 atom stereocenters. The van der Waals surface area contributed by atoms with E-state index >= 15 is 0 Å². The van der Waals surface area contributed by atoms with Crippen molar-refractivity contribution in [3.05, 3.63) is 48.0 Å². The largest absolute Gasteiger partial charge is 0.346 e. The highest BCUT2D eigenvalue weighted by Gasteiger charge is 2.32. The van der Waals surface area contributed by atoms with Crippen molar-refractivity contribution in [2.75, 3.05) is 23.0 Å². The van der Waals surface area contributed by atoms with Gasteiger partial charge in [-0.1, -0.05) is 6.07 Å². The van der Waals surface area contributed by atoms with Crippen LogP contribution in [0.1, 0.15) is 29.4 Å². The highest BCUT2D eigenvalue weighted by Crippen LogP contribution is 2.21. The number of carbonyl (C=O) groups excluding carboxylic acids is 1. The Bertz CT molecular complexity index is 856. The maximum absolute atomic E-state index is 12.2. The normalized spacial score (nSPS) is 18.4. The predicted molar refractivity (Wildman–Crippen MR) is 97.5 cm³/mol. The summed E-state index contributed by atoms with van der Waals surface area (Å²) in [7, 11) is -2.98. The number of sulfone groups is 1. The zero-order chi connectivity index (χ0) is 18.6. The molecule has 1 unspecified atom stereocenters. The molecule has 0 saturated carbocycles. The van der Waals surface area contributed by atoms with Crippen molar-refractivity contribution in [1.82, 2.24) is 20.3 Å². The first-order valence-electron chi connectivity index (χ1n) is 8.45. The number of carbonyl (C=O) groups is 1. The quantitative estimate of drug-likeness (QED) is 0.797. The van der Waals surface area contributed by atoms with E-state index in [4.69, 9.17) is 0 Å². The van der Waals surface area contributed by atoms with Gasteiger partial charge in [-0.15, -0.1) is 0 Å². The van der Waals surface area contributed by atoms with Crippen molar-refractivity contribution in [3.8, 4) is 0 Å².